The van der Waals surface area contributed by atoms with Gasteiger partial charge in [-0.15, -0.1) is 0 Å². The number of nitrogens with zero attached hydrogens (tertiary/aromatic N) is 7. The zero-order valence-corrected chi connectivity index (χ0v) is 23.0. The number of likely N-dealkylation sites (tertiary alicyclic amines) is 1. The van der Waals surface area contributed by atoms with E-state index in [4.69, 9.17) is 9.72 Å². The Bertz CT molecular complexity index is 1820. The maximum atomic E-state index is 12.3. The van der Waals surface area contributed by atoms with Crippen molar-refractivity contribution in [3.05, 3.63) is 79.4 Å². The molecule has 0 bridgehead atoms. The summed E-state index contributed by atoms with van der Waals surface area (Å²) in [5, 5.41) is 3.43. The fraction of sp³-hybridized carbons (Fsp3) is 0.258. The van der Waals surface area contributed by atoms with Crippen LogP contribution in [0.1, 0.15) is 12.0 Å². The van der Waals surface area contributed by atoms with Crippen molar-refractivity contribution in [1.82, 2.24) is 29.4 Å². The first kappa shape index (κ1) is 25.0. The Balaban J connectivity index is 1.11. The fourth-order valence-electron chi connectivity index (χ4n) is 6.02. The first-order chi connectivity index (χ1) is 20.0. The monoisotopic (exact) mass is 546 g/mol. The van der Waals surface area contributed by atoms with Crippen LogP contribution in [0.2, 0.25) is 0 Å². The molecule has 2 atom stereocenters. The average molecular weight is 547 g/mol. The highest BCUT2D eigenvalue weighted by atomic mass is 16.5. The molecule has 1 N–H and O–H groups in total. The van der Waals surface area contributed by atoms with Crippen LogP contribution in [0.3, 0.4) is 0 Å². The maximum absolute atomic E-state index is 12.3. The lowest BCUT2D eigenvalue weighted by Gasteiger charge is -2.24. The summed E-state index contributed by atoms with van der Waals surface area (Å²) in [7, 11) is 1.97. The van der Waals surface area contributed by atoms with Crippen LogP contribution < -0.4 is 15.0 Å². The van der Waals surface area contributed by atoms with Crippen molar-refractivity contribution in [2.75, 3.05) is 29.9 Å². The van der Waals surface area contributed by atoms with E-state index in [2.05, 4.69) is 31.7 Å². The standard InChI is InChI=1S/C31H30N8O2/c1-4-29(40)39-12-11-20-15-38(16-26(20)39)28-10-7-23-30(36-28)31(33-17-32-23)35-21-5-9-27(19(2)13-21)41-22-6-8-25-24(14-22)34-18-37(25)3/h4-10,13-14,17-18,20,26H,1,11-12,15-16H2,2-3H3,(H,32,33,35)/t20-,26?/m0/s1. The molecule has 0 saturated carbocycles. The number of benzene rings is 2. The van der Waals surface area contributed by atoms with E-state index in [9.17, 15) is 4.79 Å². The van der Waals surface area contributed by atoms with Gasteiger partial charge in [0.2, 0.25) is 5.91 Å². The number of imidazole rings is 1. The zero-order chi connectivity index (χ0) is 28.1. The number of carbonyl (C=O) groups excluding carboxylic acids is 1. The summed E-state index contributed by atoms with van der Waals surface area (Å²) in [5.74, 6) is 3.44. The Labute approximate surface area is 237 Å². The van der Waals surface area contributed by atoms with Gasteiger partial charge in [0.15, 0.2) is 5.82 Å². The molecule has 1 amide bonds. The van der Waals surface area contributed by atoms with Gasteiger partial charge in [-0.2, -0.15) is 0 Å². The highest BCUT2D eigenvalue weighted by Crippen LogP contribution is 2.35. The molecule has 2 fully saturated rings. The Hall–Kier alpha value is -4.99. The fourth-order valence-corrected chi connectivity index (χ4v) is 6.02. The van der Waals surface area contributed by atoms with Gasteiger partial charge in [-0.05, 0) is 67.4 Å². The number of carbonyl (C=O) groups is 1. The van der Waals surface area contributed by atoms with Gasteiger partial charge in [-0.1, -0.05) is 6.58 Å². The molecule has 0 aliphatic carbocycles. The van der Waals surface area contributed by atoms with Crippen molar-refractivity contribution < 1.29 is 9.53 Å². The number of nitrogens with one attached hydrogen (secondary N) is 1. The molecule has 7 rings (SSSR count). The minimum atomic E-state index is 0.00619. The summed E-state index contributed by atoms with van der Waals surface area (Å²) in [4.78, 5) is 34.9. The lowest BCUT2D eigenvalue weighted by Crippen LogP contribution is -2.38. The topological polar surface area (TPSA) is 101 Å². The van der Waals surface area contributed by atoms with Gasteiger partial charge in [-0.25, -0.2) is 19.9 Å². The van der Waals surface area contributed by atoms with Gasteiger partial charge in [0.05, 0.1) is 28.9 Å². The van der Waals surface area contributed by atoms with E-state index in [0.717, 1.165) is 71.2 Å². The largest absolute Gasteiger partial charge is 0.457 e. The van der Waals surface area contributed by atoms with Gasteiger partial charge >= 0.3 is 0 Å². The highest BCUT2D eigenvalue weighted by Gasteiger charge is 2.43. The van der Waals surface area contributed by atoms with E-state index in [-0.39, 0.29) is 11.9 Å². The Morgan fingerprint density at radius 2 is 1.98 bits per heavy atom. The lowest BCUT2D eigenvalue weighted by molar-refractivity contribution is -0.126. The number of ether oxygens (including phenoxy) is 1. The summed E-state index contributed by atoms with van der Waals surface area (Å²) < 4.78 is 8.17. The second-order valence-corrected chi connectivity index (χ2v) is 10.7. The van der Waals surface area contributed by atoms with Crippen molar-refractivity contribution in [2.24, 2.45) is 13.0 Å². The molecule has 5 aromatic rings. The van der Waals surface area contributed by atoms with E-state index in [1.165, 1.54) is 6.08 Å². The smallest absolute Gasteiger partial charge is 0.246 e. The van der Waals surface area contributed by atoms with Crippen molar-refractivity contribution in [1.29, 1.82) is 0 Å². The molecule has 1 unspecified atom stereocenters. The molecule has 2 aromatic carbocycles. The number of hydrogen-bond donors (Lipinski definition) is 1. The molecule has 2 aliphatic heterocycles. The predicted molar refractivity (Wildman–Crippen MR) is 159 cm³/mol. The van der Waals surface area contributed by atoms with E-state index in [1.807, 2.05) is 72.0 Å². The number of rotatable bonds is 6. The van der Waals surface area contributed by atoms with Crippen LogP contribution in [0.15, 0.2) is 73.8 Å². The second-order valence-electron chi connectivity index (χ2n) is 10.7. The van der Waals surface area contributed by atoms with Crippen LogP contribution in [-0.2, 0) is 11.8 Å². The number of fused-ring (bicyclic) bond motifs is 3. The number of anilines is 3. The Kier molecular flexibility index (Phi) is 6.03. The number of aromatic nitrogens is 5. The third kappa shape index (κ3) is 4.51. The minimum Gasteiger partial charge on any atom is -0.457 e. The number of pyridine rings is 1. The molecular formula is C31H30N8O2. The highest BCUT2D eigenvalue weighted by molar-refractivity contribution is 5.89. The molecular weight excluding hydrogens is 516 g/mol. The summed E-state index contributed by atoms with van der Waals surface area (Å²) in [6, 6.07) is 16.0. The SMILES string of the molecule is C=CC(=O)N1CC[C@H]2CN(c3ccc4ncnc(Nc5ccc(Oc6ccc7c(c6)ncn7C)c(C)c5)c4n3)CC21. The van der Waals surface area contributed by atoms with E-state index >= 15 is 0 Å². The van der Waals surface area contributed by atoms with Crippen LogP contribution in [0.5, 0.6) is 11.5 Å². The number of hydrogen-bond acceptors (Lipinski definition) is 8. The summed E-state index contributed by atoms with van der Waals surface area (Å²) in [5.41, 5.74) is 5.25. The van der Waals surface area contributed by atoms with E-state index < -0.39 is 0 Å². The maximum Gasteiger partial charge on any atom is 0.246 e. The zero-order valence-electron chi connectivity index (χ0n) is 23.0. The van der Waals surface area contributed by atoms with Gasteiger partial charge in [0, 0.05) is 44.4 Å². The lowest BCUT2D eigenvalue weighted by atomic mass is 10.1. The number of amides is 1. The first-order valence-electron chi connectivity index (χ1n) is 13.7. The van der Waals surface area contributed by atoms with Crippen LogP contribution >= 0.6 is 0 Å². The third-order valence-corrected chi connectivity index (χ3v) is 8.16. The molecule has 10 heteroatoms. The average Bonchev–Trinajstić information content (AvgIpc) is 3.69. The van der Waals surface area contributed by atoms with Crippen molar-refractivity contribution >= 4 is 45.3 Å². The third-order valence-electron chi connectivity index (χ3n) is 8.16. The molecule has 3 aromatic heterocycles. The van der Waals surface area contributed by atoms with Gasteiger partial charge in [-0.3, -0.25) is 4.79 Å². The van der Waals surface area contributed by atoms with Gasteiger partial charge in [0.25, 0.3) is 0 Å². The molecule has 206 valence electrons. The Morgan fingerprint density at radius 1 is 1.07 bits per heavy atom. The normalized spacial score (nSPS) is 18.2. The van der Waals surface area contributed by atoms with Crippen molar-refractivity contribution in [3.8, 4) is 11.5 Å². The van der Waals surface area contributed by atoms with Crippen LogP contribution in [0, 0.1) is 12.8 Å². The molecule has 2 aliphatic rings. The second kappa shape index (κ2) is 9.88. The predicted octanol–water partition coefficient (Wildman–Crippen LogP) is 4.98. The Morgan fingerprint density at radius 3 is 2.83 bits per heavy atom. The van der Waals surface area contributed by atoms with E-state index in [1.54, 1.807) is 12.7 Å². The minimum absolute atomic E-state index is 0.00619. The van der Waals surface area contributed by atoms with Crippen molar-refractivity contribution in [2.45, 2.75) is 19.4 Å². The van der Waals surface area contributed by atoms with E-state index in [0.29, 0.717) is 17.3 Å². The van der Waals surface area contributed by atoms with Crippen LogP contribution in [0.25, 0.3) is 22.1 Å². The molecule has 0 spiro atoms. The summed E-state index contributed by atoms with van der Waals surface area (Å²) in [6.45, 7) is 8.10. The molecule has 2 saturated heterocycles. The first-order valence-corrected chi connectivity index (χ1v) is 13.7. The summed E-state index contributed by atoms with van der Waals surface area (Å²) >= 11 is 0. The molecule has 5 heterocycles. The van der Waals surface area contributed by atoms with Crippen LogP contribution in [0.4, 0.5) is 17.3 Å². The quantitative estimate of drug-likeness (QED) is 0.298. The molecule has 41 heavy (non-hydrogen) atoms. The van der Waals surface area contributed by atoms with Gasteiger partial charge < -0.3 is 24.4 Å². The number of aryl methyl sites for hydroxylation is 2. The summed E-state index contributed by atoms with van der Waals surface area (Å²) in [6.07, 6.45) is 5.76. The molecule has 10 nitrogen and oxygen atoms in total. The van der Waals surface area contributed by atoms with Crippen LogP contribution in [-0.4, -0.2) is 61.0 Å². The van der Waals surface area contributed by atoms with Gasteiger partial charge in [0.1, 0.15) is 29.2 Å². The van der Waals surface area contributed by atoms with Crippen molar-refractivity contribution in [3.63, 3.8) is 0 Å². The molecule has 0 radical (unpaired) electrons.